The van der Waals surface area contributed by atoms with Crippen molar-refractivity contribution in [2.75, 3.05) is 25.0 Å². The van der Waals surface area contributed by atoms with E-state index in [0.717, 1.165) is 12.2 Å². The van der Waals surface area contributed by atoms with E-state index in [4.69, 9.17) is 0 Å². The quantitative estimate of drug-likeness (QED) is 0.697. The molecular weight excluding hydrogens is 256 g/mol. The van der Waals surface area contributed by atoms with Crippen molar-refractivity contribution in [1.29, 1.82) is 0 Å². The van der Waals surface area contributed by atoms with Gasteiger partial charge in [-0.1, -0.05) is 0 Å². The molecule has 0 aliphatic heterocycles. The Morgan fingerprint density at radius 3 is 2.55 bits per heavy atom. The molecule has 0 atom stereocenters. The first-order valence-corrected chi connectivity index (χ1v) is 6.84. The summed E-state index contributed by atoms with van der Waals surface area (Å²) in [7, 11) is 0. The second kappa shape index (κ2) is 8.14. The minimum absolute atomic E-state index is 0.0629. The minimum Gasteiger partial charge on any atom is -0.370 e. The van der Waals surface area contributed by atoms with Gasteiger partial charge < -0.3 is 16.0 Å². The Labute approximate surface area is 119 Å². The number of hydrogen-bond donors (Lipinski definition) is 3. The van der Waals surface area contributed by atoms with Crippen LogP contribution in [0, 0.1) is 6.92 Å². The van der Waals surface area contributed by atoms with Crippen LogP contribution in [-0.4, -0.2) is 36.4 Å². The third kappa shape index (κ3) is 5.26. The Kier molecular flexibility index (Phi) is 6.49. The molecule has 0 spiro atoms. The fraction of sp³-hybridized carbons (Fsp3) is 0.500. The van der Waals surface area contributed by atoms with Gasteiger partial charge in [-0.2, -0.15) is 0 Å². The summed E-state index contributed by atoms with van der Waals surface area (Å²) in [4.78, 5) is 27.6. The van der Waals surface area contributed by atoms with Crippen molar-refractivity contribution in [3.8, 4) is 0 Å². The average Bonchev–Trinajstić information content (AvgIpc) is 2.38. The number of carbonyl (C=O) groups excluding carboxylic acids is 2. The van der Waals surface area contributed by atoms with E-state index in [9.17, 15) is 9.59 Å². The predicted molar refractivity (Wildman–Crippen MR) is 78.8 cm³/mol. The first-order valence-electron chi connectivity index (χ1n) is 6.84. The van der Waals surface area contributed by atoms with E-state index in [1.165, 1.54) is 0 Å². The molecule has 0 saturated carbocycles. The van der Waals surface area contributed by atoms with Crippen LogP contribution < -0.4 is 16.0 Å². The van der Waals surface area contributed by atoms with Gasteiger partial charge in [0.25, 0.3) is 5.91 Å². The summed E-state index contributed by atoms with van der Waals surface area (Å²) >= 11 is 0. The molecule has 3 N–H and O–H groups in total. The summed E-state index contributed by atoms with van der Waals surface area (Å²) < 4.78 is 0. The summed E-state index contributed by atoms with van der Waals surface area (Å²) in [6.45, 7) is 7.33. The van der Waals surface area contributed by atoms with Crippen molar-refractivity contribution in [2.24, 2.45) is 0 Å². The Balaban J connectivity index is 2.56. The molecule has 0 radical (unpaired) electrons. The Morgan fingerprint density at radius 1 is 1.15 bits per heavy atom. The molecule has 1 rings (SSSR count). The van der Waals surface area contributed by atoms with Crippen molar-refractivity contribution in [3.63, 3.8) is 0 Å². The van der Waals surface area contributed by atoms with Gasteiger partial charge in [0.1, 0.15) is 5.82 Å². The topological polar surface area (TPSA) is 83.1 Å². The number of hydrogen-bond acceptors (Lipinski definition) is 4. The SMILES string of the molecule is CCNC(=O)CCNC(=O)c1cc(C)nc(NCC)c1. The number of nitrogens with zero attached hydrogens (tertiary/aromatic N) is 1. The van der Waals surface area contributed by atoms with Gasteiger partial charge in [-0.05, 0) is 32.9 Å². The molecule has 0 aromatic carbocycles. The number of aromatic nitrogens is 1. The lowest BCUT2D eigenvalue weighted by Gasteiger charge is -2.08. The number of nitrogens with one attached hydrogen (secondary N) is 3. The van der Waals surface area contributed by atoms with Crippen LogP contribution in [0.5, 0.6) is 0 Å². The third-order valence-electron chi connectivity index (χ3n) is 2.59. The molecule has 0 aliphatic rings. The van der Waals surface area contributed by atoms with Crippen molar-refractivity contribution < 1.29 is 9.59 Å². The minimum atomic E-state index is -0.195. The maximum absolute atomic E-state index is 12.0. The number of rotatable bonds is 7. The van der Waals surface area contributed by atoms with Crippen molar-refractivity contribution in [1.82, 2.24) is 15.6 Å². The fourth-order valence-corrected chi connectivity index (χ4v) is 1.75. The lowest BCUT2D eigenvalue weighted by molar-refractivity contribution is -0.120. The van der Waals surface area contributed by atoms with Gasteiger partial charge in [0.05, 0.1) is 0 Å². The number of carbonyl (C=O) groups is 2. The lowest BCUT2D eigenvalue weighted by atomic mass is 10.2. The van der Waals surface area contributed by atoms with E-state index in [1.54, 1.807) is 12.1 Å². The number of pyridine rings is 1. The van der Waals surface area contributed by atoms with Crippen LogP contribution in [0.4, 0.5) is 5.82 Å². The monoisotopic (exact) mass is 278 g/mol. The Hall–Kier alpha value is -2.11. The molecule has 1 heterocycles. The van der Waals surface area contributed by atoms with Crippen LogP contribution in [0.15, 0.2) is 12.1 Å². The van der Waals surface area contributed by atoms with E-state index >= 15 is 0 Å². The normalized spacial score (nSPS) is 9.95. The Morgan fingerprint density at radius 2 is 1.90 bits per heavy atom. The summed E-state index contributed by atoms with van der Waals surface area (Å²) in [5, 5.41) is 8.49. The van der Waals surface area contributed by atoms with Crippen LogP contribution in [0.25, 0.3) is 0 Å². The van der Waals surface area contributed by atoms with Crippen LogP contribution in [0.3, 0.4) is 0 Å². The van der Waals surface area contributed by atoms with Crippen LogP contribution in [0.1, 0.15) is 36.3 Å². The second-order valence-electron chi connectivity index (χ2n) is 4.37. The van der Waals surface area contributed by atoms with Crippen LogP contribution in [0.2, 0.25) is 0 Å². The highest BCUT2D eigenvalue weighted by Gasteiger charge is 2.09. The van der Waals surface area contributed by atoms with E-state index < -0.39 is 0 Å². The lowest BCUT2D eigenvalue weighted by Crippen LogP contribution is -2.30. The average molecular weight is 278 g/mol. The maximum Gasteiger partial charge on any atom is 0.251 e. The Bertz CT molecular complexity index is 474. The van der Waals surface area contributed by atoms with Crippen LogP contribution in [-0.2, 0) is 4.79 Å². The van der Waals surface area contributed by atoms with E-state index in [0.29, 0.717) is 24.5 Å². The number of anilines is 1. The van der Waals surface area contributed by atoms with Crippen LogP contribution >= 0.6 is 0 Å². The van der Waals surface area contributed by atoms with Crippen molar-refractivity contribution >= 4 is 17.6 Å². The molecule has 0 unspecified atom stereocenters. The molecule has 6 nitrogen and oxygen atoms in total. The first-order chi connectivity index (χ1) is 9.56. The molecular formula is C14H22N4O2. The molecule has 0 fully saturated rings. The third-order valence-corrected chi connectivity index (χ3v) is 2.59. The van der Waals surface area contributed by atoms with E-state index in [2.05, 4.69) is 20.9 Å². The highest BCUT2D eigenvalue weighted by Crippen LogP contribution is 2.09. The molecule has 0 saturated heterocycles. The first kappa shape index (κ1) is 15.9. The van der Waals surface area contributed by atoms with E-state index in [-0.39, 0.29) is 18.2 Å². The summed E-state index contributed by atoms with van der Waals surface area (Å²) in [6, 6.07) is 3.43. The van der Waals surface area contributed by atoms with Crippen molar-refractivity contribution in [3.05, 3.63) is 23.4 Å². The number of aryl methyl sites for hydroxylation is 1. The van der Waals surface area contributed by atoms with Gasteiger partial charge in [0, 0.05) is 37.3 Å². The predicted octanol–water partition coefficient (Wildman–Crippen LogP) is 1.08. The molecule has 110 valence electrons. The molecule has 20 heavy (non-hydrogen) atoms. The standard InChI is InChI=1S/C14H22N4O2/c1-4-15-12-9-11(8-10(3)18-12)14(20)17-7-6-13(19)16-5-2/h8-9H,4-7H2,1-3H3,(H,15,18)(H,16,19)(H,17,20). The molecule has 2 amide bonds. The smallest absolute Gasteiger partial charge is 0.251 e. The largest absolute Gasteiger partial charge is 0.370 e. The van der Waals surface area contributed by atoms with Gasteiger partial charge in [0.2, 0.25) is 5.91 Å². The zero-order valence-corrected chi connectivity index (χ0v) is 12.2. The number of amides is 2. The van der Waals surface area contributed by atoms with Gasteiger partial charge >= 0.3 is 0 Å². The summed E-state index contributed by atoms with van der Waals surface area (Å²) in [5.74, 6) is 0.423. The molecule has 0 aliphatic carbocycles. The molecule has 1 aromatic rings. The zero-order valence-electron chi connectivity index (χ0n) is 12.2. The fourth-order valence-electron chi connectivity index (χ4n) is 1.75. The van der Waals surface area contributed by atoms with Gasteiger partial charge in [-0.25, -0.2) is 4.98 Å². The maximum atomic E-state index is 12.0. The summed E-state index contributed by atoms with van der Waals surface area (Å²) in [6.07, 6.45) is 0.281. The van der Waals surface area contributed by atoms with Gasteiger partial charge in [-0.15, -0.1) is 0 Å². The highest BCUT2D eigenvalue weighted by atomic mass is 16.2. The molecule has 1 aromatic heterocycles. The van der Waals surface area contributed by atoms with Gasteiger partial charge in [-0.3, -0.25) is 9.59 Å². The second-order valence-corrected chi connectivity index (χ2v) is 4.37. The zero-order chi connectivity index (χ0) is 15.0. The summed E-state index contributed by atoms with van der Waals surface area (Å²) in [5.41, 5.74) is 1.32. The van der Waals surface area contributed by atoms with E-state index in [1.807, 2.05) is 20.8 Å². The van der Waals surface area contributed by atoms with Crippen molar-refractivity contribution in [2.45, 2.75) is 27.2 Å². The molecule has 0 bridgehead atoms. The highest BCUT2D eigenvalue weighted by molar-refractivity contribution is 5.95. The van der Waals surface area contributed by atoms with Gasteiger partial charge in [0.15, 0.2) is 0 Å². The molecule has 6 heteroatoms.